The average molecular weight is 329 g/mol. The molecule has 0 spiro atoms. The van der Waals surface area contributed by atoms with Crippen LogP contribution in [0.25, 0.3) is 0 Å². The summed E-state index contributed by atoms with van der Waals surface area (Å²) in [4.78, 5) is 12.5. The second-order valence-corrected chi connectivity index (χ2v) is 6.35. The maximum atomic E-state index is 12.5. The van der Waals surface area contributed by atoms with E-state index in [0.29, 0.717) is 12.5 Å². The minimum absolute atomic E-state index is 0. The van der Waals surface area contributed by atoms with Gasteiger partial charge in [0.05, 0.1) is 6.04 Å². The van der Waals surface area contributed by atoms with Gasteiger partial charge in [-0.1, -0.05) is 30.2 Å². The number of carbonyl (C=O) groups excluding carboxylic acids is 1. The third-order valence-electron chi connectivity index (χ3n) is 4.83. The van der Waals surface area contributed by atoms with Crippen LogP contribution in [0, 0.1) is 11.8 Å². The van der Waals surface area contributed by atoms with Crippen molar-refractivity contribution in [2.75, 3.05) is 6.54 Å². The van der Waals surface area contributed by atoms with Crippen molar-refractivity contribution in [2.45, 2.75) is 38.1 Å². The van der Waals surface area contributed by atoms with E-state index in [4.69, 9.17) is 17.3 Å². The summed E-state index contributed by atoms with van der Waals surface area (Å²) in [6.07, 6.45) is 5.08. The first-order chi connectivity index (χ1) is 9.70. The lowest BCUT2D eigenvalue weighted by molar-refractivity contribution is -0.126. The van der Waals surface area contributed by atoms with E-state index in [1.165, 1.54) is 11.1 Å². The first kappa shape index (κ1) is 16.6. The summed E-state index contributed by atoms with van der Waals surface area (Å²) in [6, 6.07) is 6.08. The van der Waals surface area contributed by atoms with Crippen molar-refractivity contribution in [3.05, 3.63) is 34.3 Å². The van der Waals surface area contributed by atoms with Gasteiger partial charge < -0.3 is 11.1 Å². The summed E-state index contributed by atoms with van der Waals surface area (Å²) < 4.78 is 0. The standard InChI is InChI=1S/C16H21ClN2O.ClH/c17-14-6-2-5-13-12(14)7-8-15(13)19-16(20)11-4-1-3-10(11)9-18;/h2,5-6,10-11,15H,1,3-4,7-9,18H2,(H,19,20);1H/t10-,11-,15?;/m1./s1. The maximum Gasteiger partial charge on any atom is 0.223 e. The Hall–Kier alpha value is -0.770. The Morgan fingerprint density at radius 1 is 1.33 bits per heavy atom. The van der Waals surface area contributed by atoms with Crippen LogP contribution in [0.3, 0.4) is 0 Å². The highest BCUT2D eigenvalue weighted by molar-refractivity contribution is 6.31. The Labute approximate surface area is 137 Å². The van der Waals surface area contributed by atoms with Gasteiger partial charge in [0.15, 0.2) is 0 Å². The van der Waals surface area contributed by atoms with Gasteiger partial charge in [0.25, 0.3) is 0 Å². The highest BCUT2D eigenvalue weighted by atomic mass is 35.5. The minimum atomic E-state index is 0. The zero-order valence-electron chi connectivity index (χ0n) is 12.0. The number of fused-ring (bicyclic) bond motifs is 1. The number of amides is 1. The molecule has 1 saturated carbocycles. The largest absolute Gasteiger partial charge is 0.349 e. The quantitative estimate of drug-likeness (QED) is 0.894. The summed E-state index contributed by atoms with van der Waals surface area (Å²) in [5.74, 6) is 0.634. The van der Waals surface area contributed by atoms with Crippen LogP contribution in [-0.4, -0.2) is 12.5 Å². The van der Waals surface area contributed by atoms with Crippen LogP contribution in [0.15, 0.2) is 18.2 Å². The molecule has 0 aliphatic heterocycles. The Balaban J connectivity index is 0.00000161. The second kappa shape index (κ2) is 6.99. The van der Waals surface area contributed by atoms with E-state index in [9.17, 15) is 4.79 Å². The molecule has 3 N–H and O–H groups in total. The number of hydrogen-bond acceptors (Lipinski definition) is 2. The molecule has 116 valence electrons. The molecule has 3 rings (SSSR count). The van der Waals surface area contributed by atoms with Crippen molar-refractivity contribution in [2.24, 2.45) is 17.6 Å². The highest BCUT2D eigenvalue weighted by Crippen LogP contribution is 2.37. The van der Waals surface area contributed by atoms with Gasteiger partial charge in [0.2, 0.25) is 5.91 Å². The fourth-order valence-electron chi connectivity index (χ4n) is 3.70. The van der Waals surface area contributed by atoms with Crippen LogP contribution in [-0.2, 0) is 11.2 Å². The molecule has 1 amide bonds. The molecule has 0 heterocycles. The summed E-state index contributed by atoms with van der Waals surface area (Å²) in [5, 5.41) is 4.03. The number of rotatable bonds is 3. The van der Waals surface area contributed by atoms with Crippen molar-refractivity contribution >= 4 is 29.9 Å². The number of halogens is 2. The lowest BCUT2D eigenvalue weighted by Crippen LogP contribution is -2.36. The molecule has 1 aromatic carbocycles. The molecule has 0 aromatic heterocycles. The number of carbonyl (C=O) groups is 1. The Kier molecular flexibility index (Phi) is 5.53. The maximum absolute atomic E-state index is 12.5. The van der Waals surface area contributed by atoms with Crippen molar-refractivity contribution < 1.29 is 4.79 Å². The van der Waals surface area contributed by atoms with Crippen LogP contribution >= 0.6 is 24.0 Å². The van der Waals surface area contributed by atoms with E-state index >= 15 is 0 Å². The molecule has 2 aliphatic rings. The van der Waals surface area contributed by atoms with Crippen molar-refractivity contribution in [1.82, 2.24) is 5.32 Å². The van der Waals surface area contributed by atoms with E-state index in [1.54, 1.807) is 0 Å². The van der Waals surface area contributed by atoms with Gasteiger partial charge in [-0.05, 0) is 55.3 Å². The summed E-state index contributed by atoms with van der Waals surface area (Å²) in [6.45, 7) is 0.616. The first-order valence-corrected chi connectivity index (χ1v) is 7.86. The zero-order chi connectivity index (χ0) is 14.1. The van der Waals surface area contributed by atoms with Gasteiger partial charge in [-0.15, -0.1) is 12.4 Å². The Morgan fingerprint density at radius 2 is 2.14 bits per heavy atom. The molecule has 0 radical (unpaired) electrons. The molecule has 0 bridgehead atoms. The molecule has 1 fully saturated rings. The second-order valence-electron chi connectivity index (χ2n) is 5.94. The van der Waals surface area contributed by atoms with Gasteiger partial charge in [0, 0.05) is 10.9 Å². The molecule has 1 aromatic rings. The van der Waals surface area contributed by atoms with Gasteiger partial charge in [-0.2, -0.15) is 0 Å². The van der Waals surface area contributed by atoms with Gasteiger partial charge in [0.1, 0.15) is 0 Å². The molecular weight excluding hydrogens is 307 g/mol. The lowest BCUT2D eigenvalue weighted by Gasteiger charge is -2.21. The van der Waals surface area contributed by atoms with Crippen LogP contribution < -0.4 is 11.1 Å². The van der Waals surface area contributed by atoms with Crippen molar-refractivity contribution in [3.63, 3.8) is 0 Å². The number of nitrogens with two attached hydrogens (primary N) is 1. The van der Waals surface area contributed by atoms with E-state index in [-0.39, 0.29) is 30.3 Å². The minimum Gasteiger partial charge on any atom is -0.349 e. The molecule has 3 atom stereocenters. The monoisotopic (exact) mass is 328 g/mol. The number of benzene rings is 1. The Bertz CT molecular complexity index is 521. The highest BCUT2D eigenvalue weighted by Gasteiger charge is 2.34. The lowest BCUT2D eigenvalue weighted by atomic mass is 9.94. The topological polar surface area (TPSA) is 55.1 Å². The number of nitrogens with one attached hydrogen (secondary N) is 1. The summed E-state index contributed by atoms with van der Waals surface area (Å²) in [5.41, 5.74) is 8.15. The summed E-state index contributed by atoms with van der Waals surface area (Å²) in [7, 11) is 0. The predicted molar refractivity (Wildman–Crippen MR) is 87.8 cm³/mol. The van der Waals surface area contributed by atoms with Crippen molar-refractivity contribution in [3.8, 4) is 0 Å². The predicted octanol–water partition coefficient (Wildman–Crippen LogP) is 3.24. The smallest absolute Gasteiger partial charge is 0.223 e. The third kappa shape index (κ3) is 3.20. The molecule has 2 aliphatic carbocycles. The fraction of sp³-hybridized carbons (Fsp3) is 0.562. The molecular formula is C16H22Cl2N2O. The van der Waals surface area contributed by atoms with Crippen molar-refractivity contribution in [1.29, 1.82) is 0 Å². The van der Waals surface area contributed by atoms with E-state index in [0.717, 1.165) is 37.1 Å². The van der Waals surface area contributed by atoms with Gasteiger partial charge in [-0.25, -0.2) is 0 Å². The normalized spacial score (nSPS) is 27.0. The molecule has 1 unspecified atom stereocenters. The van der Waals surface area contributed by atoms with Gasteiger partial charge in [-0.3, -0.25) is 4.79 Å². The summed E-state index contributed by atoms with van der Waals surface area (Å²) >= 11 is 6.21. The van der Waals surface area contributed by atoms with Crippen LogP contribution in [0.5, 0.6) is 0 Å². The van der Waals surface area contributed by atoms with E-state index < -0.39 is 0 Å². The molecule has 0 saturated heterocycles. The number of hydrogen-bond donors (Lipinski definition) is 2. The van der Waals surface area contributed by atoms with Crippen LogP contribution in [0.4, 0.5) is 0 Å². The van der Waals surface area contributed by atoms with E-state index in [2.05, 4.69) is 11.4 Å². The first-order valence-electron chi connectivity index (χ1n) is 7.48. The zero-order valence-corrected chi connectivity index (χ0v) is 13.6. The molecule has 5 heteroatoms. The van der Waals surface area contributed by atoms with Gasteiger partial charge >= 0.3 is 0 Å². The van der Waals surface area contributed by atoms with Crippen LogP contribution in [0.1, 0.15) is 42.9 Å². The van der Waals surface area contributed by atoms with Crippen LogP contribution in [0.2, 0.25) is 5.02 Å². The van der Waals surface area contributed by atoms with E-state index in [1.807, 2.05) is 12.1 Å². The fourth-order valence-corrected chi connectivity index (χ4v) is 3.98. The average Bonchev–Trinajstić information content (AvgIpc) is 3.06. The molecule has 21 heavy (non-hydrogen) atoms. The Morgan fingerprint density at radius 3 is 2.90 bits per heavy atom. The third-order valence-corrected chi connectivity index (χ3v) is 5.18. The SMILES string of the molecule is Cl.NC[C@H]1CCC[C@H]1C(=O)NC1CCc2c(Cl)cccc21. The molecule has 3 nitrogen and oxygen atoms in total.